The highest BCUT2D eigenvalue weighted by molar-refractivity contribution is 5.08. The second kappa shape index (κ2) is 4.78. The van der Waals surface area contributed by atoms with E-state index in [0.29, 0.717) is 5.06 Å². The summed E-state index contributed by atoms with van der Waals surface area (Å²) in [5.41, 5.74) is -2.28. The quantitative estimate of drug-likeness (QED) is 0.532. The summed E-state index contributed by atoms with van der Waals surface area (Å²) >= 11 is 0. The largest absolute Gasteiger partial charge is 0.313 e. The summed E-state index contributed by atoms with van der Waals surface area (Å²) < 4.78 is 0. The van der Waals surface area contributed by atoms with Crippen molar-refractivity contribution < 1.29 is 25.1 Å². The van der Waals surface area contributed by atoms with Crippen LogP contribution in [0.3, 0.4) is 0 Å². The predicted molar refractivity (Wildman–Crippen MR) is 59.0 cm³/mol. The molecule has 0 bridgehead atoms. The second-order valence-electron chi connectivity index (χ2n) is 5.48. The number of rotatable bonds is 5. The Labute approximate surface area is 109 Å². The first-order valence-electron chi connectivity index (χ1n) is 5.57. The summed E-state index contributed by atoms with van der Waals surface area (Å²) in [5, 5.41) is 31.6. The summed E-state index contributed by atoms with van der Waals surface area (Å²) in [6.07, 6.45) is -1.12. The fourth-order valence-electron chi connectivity index (χ4n) is 2.60. The molecule has 0 aromatic heterocycles. The van der Waals surface area contributed by atoms with Crippen molar-refractivity contribution in [2.75, 3.05) is 6.61 Å². The van der Waals surface area contributed by atoms with Gasteiger partial charge in [-0.05, 0) is 27.7 Å². The zero-order valence-electron chi connectivity index (χ0n) is 11.1. The minimum atomic E-state index is -1.19. The van der Waals surface area contributed by atoms with Crippen LogP contribution < -0.4 is 0 Å². The minimum Gasteiger partial charge on any atom is -0.313 e. The zero-order valence-corrected chi connectivity index (χ0v) is 11.1. The first-order valence-corrected chi connectivity index (χ1v) is 5.57. The van der Waals surface area contributed by atoms with Gasteiger partial charge >= 0.3 is 0 Å². The van der Waals surface area contributed by atoms with E-state index < -0.39 is 39.9 Å². The summed E-state index contributed by atoms with van der Waals surface area (Å²) in [5.74, 6) is -0.809. The van der Waals surface area contributed by atoms with Gasteiger partial charge in [-0.15, -0.1) is 30.5 Å². The Morgan fingerprint density at radius 3 is 2.05 bits per heavy atom. The normalized spacial score (nSPS) is 28.9. The molecule has 0 aliphatic carbocycles. The summed E-state index contributed by atoms with van der Waals surface area (Å²) in [6, 6.07) is 0. The first-order chi connectivity index (χ1) is 8.51. The van der Waals surface area contributed by atoms with Crippen LogP contribution in [0.25, 0.3) is 0 Å². The van der Waals surface area contributed by atoms with E-state index in [2.05, 4.69) is 9.68 Å². The topological polar surface area (TPSA) is 128 Å². The summed E-state index contributed by atoms with van der Waals surface area (Å²) in [4.78, 5) is 29.6. The molecule has 109 valence electrons. The molecular weight excluding hydrogens is 262 g/mol. The SMILES string of the molecule is CC1(C)C(CO[N+](=O)[O-])C(O[N+](=O)[O-])C(C)(C)N1[O]. The highest BCUT2D eigenvalue weighted by atomic mass is 17.0. The zero-order chi connectivity index (χ0) is 15.0. The van der Waals surface area contributed by atoms with E-state index >= 15 is 0 Å². The standard InChI is InChI=1S/C9H16N3O7/c1-8(2)6(5-18-11(14)15)7(19-12(16)17)9(3,4)10(8)13/h6-7H,5H2,1-4H3. The van der Waals surface area contributed by atoms with Crippen LogP contribution in [-0.4, -0.2) is 39.0 Å². The lowest BCUT2D eigenvalue weighted by Gasteiger charge is -2.33. The van der Waals surface area contributed by atoms with Gasteiger partial charge in [0, 0.05) is 5.92 Å². The van der Waals surface area contributed by atoms with E-state index in [0.717, 1.165) is 0 Å². The average molecular weight is 278 g/mol. The number of hydroxylamine groups is 2. The lowest BCUT2D eigenvalue weighted by atomic mass is 9.85. The molecular formula is C9H16N3O7. The Balaban J connectivity index is 3.05. The fourth-order valence-corrected chi connectivity index (χ4v) is 2.60. The molecule has 1 aliphatic heterocycles. The van der Waals surface area contributed by atoms with E-state index in [4.69, 9.17) is 0 Å². The number of nitrogens with zero attached hydrogens (tertiary/aromatic N) is 3. The maximum absolute atomic E-state index is 12.2. The molecule has 1 heterocycles. The second-order valence-corrected chi connectivity index (χ2v) is 5.48. The molecule has 2 unspecified atom stereocenters. The Morgan fingerprint density at radius 2 is 1.63 bits per heavy atom. The Morgan fingerprint density at radius 1 is 1.11 bits per heavy atom. The van der Waals surface area contributed by atoms with Gasteiger partial charge in [-0.2, -0.15) is 0 Å². The average Bonchev–Trinajstić information content (AvgIpc) is 2.35. The van der Waals surface area contributed by atoms with Crippen molar-refractivity contribution in [1.82, 2.24) is 5.06 Å². The minimum absolute atomic E-state index is 0.444. The molecule has 0 saturated carbocycles. The molecule has 10 nitrogen and oxygen atoms in total. The van der Waals surface area contributed by atoms with Crippen LogP contribution in [0.5, 0.6) is 0 Å². The van der Waals surface area contributed by atoms with Gasteiger partial charge in [-0.3, -0.25) is 0 Å². The highest BCUT2D eigenvalue weighted by Gasteiger charge is 2.61. The van der Waals surface area contributed by atoms with Crippen LogP contribution in [0.1, 0.15) is 27.7 Å². The van der Waals surface area contributed by atoms with Crippen LogP contribution in [-0.2, 0) is 14.9 Å². The van der Waals surface area contributed by atoms with E-state index in [9.17, 15) is 25.4 Å². The molecule has 19 heavy (non-hydrogen) atoms. The summed E-state index contributed by atoms with van der Waals surface area (Å²) in [7, 11) is 0. The molecule has 0 aromatic rings. The third-order valence-corrected chi connectivity index (χ3v) is 3.58. The molecule has 1 saturated heterocycles. The Bertz CT molecular complexity index is 384. The van der Waals surface area contributed by atoms with Gasteiger partial charge in [0.15, 0.2) is 0 Å². The molecule has 1 aliphatic rings. The van der Waals surface area contributed by atoms with Crippen molar-refractivity contribution in [3.63, 3.8) is 0 Å². The molecule has 0 N–H and O–H groups in total. The van der Waals surface area contributed by atoms with Crippen LogP contribution in [0, 0.1) is 26.1 Å². The van der Waals surface area contributed by atoms with Crippen molar-refractivity contribution in [3.8, 4) is 0 Å². The van der Waals surface area contributed by atoms with E-state index in [1.54, 1.807) is 13.8 Å². The molecule has 2 atom stereocenters. The van der Waals surface area contributed by atoms with Crippen molar-refractivity contribution in [1.29, 1.82) is 0 Å². The van der Waals surface area contributed by atoms with Gasteiger partial charge in [0.25, 0.3) is 10.2 Å². The van der Waals surface area contributed by atoms with Gasteiger partial charge in [0.2, 0.25) is 0 Å². The molecule has 10 heteroatoms. The van der Waals surface area contributed by atoms with Crippen molar-refractivity contribution in [3.05, 3.63) is 20.2 Å². The number of hydrogen-bond donors (Lipinski definition) is 0. The van der Waals surface area contributed by atoms with Crippen LogP contribution in [0.15, 0.2) is 0 Å². The van der Waals surface area contributed by atoms with Crippen LogP contribution in [0.2, 0.25) is 0 Å². The van der Waals surface area contributed by atoms with Gasteiger partial charge in [-0.1, -0.05) is 0 Å². The smallest absolute Gasteiger partial charge is 0.294 e. The van der Waals surface area contributed by atoms with E-state index in [1.165, 1.54) is 13.8 Å². The molecule has 0 amide bonds. The molecule has 1 radical (unpaired) electrons. The molecule has 1 fully saturated rings. The van der Waals surface area contributed by atoms with Gasteiger partial charge in [0.05, 0.1) is 11.1 Å². The van der Waals surface area contributed by atoms with Gasteiger partial charge in [0.1, 0.15) is 12.7 Å². The van der Waals surface area contributed by atoms with Gasteiger partial charge < -0.3 is 9.68 Å². The van der Waals surface area contributed by atoms with E-state index in [1.807, 2.05) is 0 Å². The third-order valence-electron chi connectivity index (χ3n) is 3.58. The molecule has 0 aromatic carbocycles. The fraction of sp³-hybridized carbons (Fsp3) is 1.00. The maximum atomic E-state index is 12.2. The Kier molecular flexibility index (Phi) is 3.87. The molecule has 1 rings (SSSR count). The monoisotopic (exact) mass is 278 g/mol. The van der Waals surface area contributed by atoms with E-state index in [-0.39, 0.29) is 0 Å². The van der Waals surface area contributed by atoms with Crippen molar-refractivity contribution in [2.24, 2.45) is 5.92 Å². The van der Waals surface area contributed by atoms with Crippen molar-refractivity contribution in [2.45, 2.75) is 44.9 Å². The highest BCUT2D eigenvalue weighted by Crippen LogP contribution is 2.45. The lowest BCUT2D eigenvalue weighted by Crippen LogP contribution is -2.48. The number of hydrogen-bond acceptors (Lipinski definition) is 7. The first kappa shape index (κ1) is 15.4. The Hall–Kier alpha value is -1.68. The lowest BCUT2D eigenvalue weighted by molar-refractivity contribution is -0.778. The maximum Gasteiger partial charge on any atom is 0.294 e. The van der Waals surface area contributed by atoms with Gasteiger partial charge in [-0.25, -0.2) is 0 Å². The van der Waals surface area contributed by atoms with Crippen LogP contribution >= 0.6 is 0 Å². The van der Waals surface area contributed by atoms with Crippen molar-refractivity contribution >= 4 is 0 Å². The predicted octanol–water partition coefficient (Wildman–Crippen LogP) is 0.606. The molecule has 0 spiro atoms. The van der Waals surface area contributed by atoms with Crippen LogP contribution in [0.4, 0.5) is 0 Å². The summed E-state index contributed by atoms with van der Waals surface area (Å²) in [6.45, 7) is 5.61. The third kappa shape index (κ3) is 2.68.